The van der Waals surface area contributed by atoms with Gasteiger partial charge in [0.25, 0.3) is 0 Å². The van der Waals surface area contributed by atoms with Crippen LogP contribution in [0.2, 0.25) is 0 Å². The van der Waals surface area contributed by atoms with Crippen molar-refractivity contribution in [3.05, 3.63) is 289 Å². The number of para-hydroxylation sites is 5. The van der Waals surface area contributed by atoms with Crippen LogP contribution >= 0.6 is 0 Å². The minimum absolute atomic E-state index is 0.110. The van der Waals surface area contributed by atoms with E-state index in [1.165, 1.54) is 61.2 Å². The van der Waals surface area contributed by atoms with Gasteiger partial charge in [-0.2, -0.15) is 0 Å². The first kappa shape index (κ1) is 41.1. The lowest BCUT2D eigenvalue weighted by Gasteiger charge is -2.35. The van der Waals surface area contributed by atoms with Crippen LogP contribution in [0.3, 0.4) is 0 Å². The molecule has 0 aliphatic heterocycles. The van der Waals surface area contributed by atoms with E-state index >= 15 is 0 Å². The molecular weight excluding hydrogens is 861 g/mol. The molecule has 71 heavy (non-hydrogen) atoms. The highest BCUT2D eigenvalue weighted by Gasteiger charge is 2.53. The topological polar surface area (TPSA) is 19.6 Å². The van der Waals surface area contributed by atoms with Crippen molar-refractivity contribution < 1.29 is 4.42 Å². The Hall–Kier alpha value is -8.92. The molecule has 336 valence electrons. The average molecular weight is 909 g/mol. The third-order valence-electron chi connectivity index (χ3n) is 15.4. The van der Waals surface area contributed by atoms with E-state index in [1.807, 2.05) is 0 Å². The Balaban J connectivity index is 1.12. The van der Waals surface area contributed by atoms with Crippen molar-refractivity contribution in [3.63, 3.8) is 0 Å². The maximum absolute atomic E-state index is 6.93. The molecule has 0 radical (unpaired) electrons. The Kier molecular flexibility index (Phi) is 9.47. The number of allylic oxidation sites excluding steroid dienone is 4. The van der Waals surface area contributed by atoms with Gasteiger partial charge in [0.05, 0.1) is 22.5 Å². The van der Waals surface area contributed by atoms with Gasteiger partial charge in [0.1, 0.15) is 5.58 Å². The lowest BCUT2D eigenvalue weighted by molar-refractivity contribution is 0.635. The molecule has 3 aliphatic carbocycles. The molecule has 3 nitrogen and oxygen atoms in total. The lowest BCUT2D eigenvalue weighted by atomic mass is 9.69. The van der Waals surface area contributed by atoms with Crippen molar-refractivity contribution in [2.45, 2.75) is 18.3 Å². The molecule has 3 atom stereocenters. The molecule has 1 spiro atoms. The number of hydrogen-bond donors (Lipinski definition) is 0. The fourth-order valence-electron chi connectivity index (χ4n) is 12.3. The summed E-state index contributed by atoms with van der Waals surface area (Å²) in [7, 11) is 0. The molecule has 11 aromatic rings. The summed E-state index contributed by atoms with van der Waals surface area (Å²) >= 11 is 0. The fraction of sp³-hybridized carbons (Fsp3) is 0.0588. The van der Waals surface area contributed by atoms with E-state index in [-0.39, 0.29) is 11.8 Å². The predicted molar refractivity (Wildman–Crippen MR) is 295 cm³/mol. The Morgan fingerprint density at radius 1 is 0.380 bits per heavy atom. The van der Waals surface area contributed by atoms with E-state index in [0.717, 1.165) is 56.1 Å². The molecule has 14 rings (SSSR count). The monoisotopic (exact) mass is 908 g/mol. The summed E-state index contributed by atoms with van der Waals surface area (Å²) in [6.45, 7) is 2.35. The zero-order chi connectivity index (χ0) is 47.0. The van der Waals surface area contributed by atoms with Crippen LogP contribution < -0.4 is 9.80 Å². The van der Waals surface area contributed by atoms with E-state index < -0.39 is 5.41 Å². The van der Waals surface area contributed by atoms with Crippen molar-refractivity contribution in [2.24, 2.45) is 5.92 Å². The van der Waals surface area contributed by atoms with Crippen LogP contribution in [0.5, 0.6) is 0 Å². The number of benzene rings is 10. The van der Waals surface area contributed by atoms with Crippen LogP contribution in [-0.2, 0) is 5.41 Å². The molecule has 1 aromatic heterocycles. The van der Waals surface area contributed by atoms with Crippen molar-refractivity contribution in [3.8, 4) is 33.4 Å². The van der Waals surface area contributed by atoms with Gasteiger partial charge in [0.2, 0.25) is 0 Å². The Morgan fingerprint density at radius 2 is 0.901 bits per heavy atom. The largest absolute Gasteiger partial charge is 0.454 e. The first-order chi connectivity index (χ1) is 35.2. The summed E-state index contributed by atoms with van der Waals surface area (Å²) in [4.78, 5) is 4.93. The van der Waals surface area contributed by atoms with Gasteiger partial charge < -0.3 is 14.2 Å². The van der Waals surface area contributed by atoms with Crippen molar-refractivity contribution in [1.82, 2.24) is 0 Å². The van der Waals surface area contributed by atoms with Gasteiger partial charge in [-0.1, -0.05) is 195 Å². The lowest BCUT2D eigenvalue weighted by Crippen LogP contribution is -2.27. The normalized spacial score (nSPS) is 17.0. The first-order valence-electron chi connectivity index (χ1n) is 24.8. The molecular formula is C68H48N2O. The summed E-state index contributed by atoms with van der Waals surface area (Å²) in [5, 5.41) is 2.21. The van der Waals surface area contributed by atoms with E-state index in [4.69, 9.17) is 4.42 Å². The van der Waals surface area contributed by atoms with Gasteiger partial charge in [0, 0.05) is 39.3 Å². The summed E-state index contributed by atoms with van der Waals surface area (Å²) < 4.78 is 6.93. The fourth-order valence-corrected chi connectivity index (χ4v) is 12.3. The zero-order valence-corrected chi connectivity index (χ0v) is 39.3. The van der Waals surface area contributed by atoms with Crippen LogP contribution in [-0.4, -0.2) is 0 Å². The van der Waals surface area contributed by atoms with Crippen LogP contribution in [0.15, 0.2) is 265 Å². The molecule has 0 bridgehead atoms. The van der Waals surface area contributed by atoms with Crippen LogP contribution in [0, 0.1) is 5.92 Å². The Labute approximate surface area is 414 Å². The van der Waals surface area contributed by atoms with Crippen LogP contribution in [0.25, 0.3) is 55.3 Å². The number of rotatable bonds is 8. The number of nitrogens with zero attached hydrogens (tertiary/aromatic N) is 2. The maximum atomic E-state index is 6.93. The molecule has 3 unspecified atom stereocenters. The second kappa shape index (κ2) is 16.4. The molecule has 0 saturated heterocycles. The van der Waals surface area contributed by atoms with E-state index in [9.17, 15) is 0 Å². The smallest absolute Gasteiger partial charge is 0.159 e. The molecule has 3 heteroatoms. The number of furan rings is 1. The van der Waals surface area contributed by atoms with Gasteiger partial charge in [0.15, 0.2) is 5.58 Å². The Morgan fingerprint density at radius 3 is 1.55 bits per heavy atom. The van der Waals surface area contributed by atoms with Crippen LogP contribution in [0.4, 0.5) is 34.1 Å². The highest BCUT2D eigenvalue weighted by Crippen LogP contribution is 2.66. The standard InChI is InChI=1S/C68H48N2O/c1-45-23-14-15-32-50(45)58-42-57-52-34-17-20-38-60(52)68(62(57)44-65(58)70(49-30-12-5-13-31-49)63-39-22-36-54-53-35-18-21-40-66(53)71-67(54)63)59-37-19-16-33-51(59)56-41-55(46-24-6-2-7-25-46)64(43-61(56)68)69(47-26-8-3-9-27-47)48-28-10-4-11-29-48/h2-45,50H,1H3. The van der Waals surface area contributed by atoms with Gasteiger partial charge in [-0.15, -0.1) is 0 Å². The molecule has 10 aromatic carbocycles. The quantitative estimate of drug-likeness (QED) is 0.151. The molecule has 0 saturated carbocycles. The van der Waals surface area contributed by atoms with Gasteiger partial charge in [-0.25, -0.2) is 0 Å². The molecule has 0 N–H and O–H groups in total. The third kappa shape index (κ3) is 6.22. The first-order valence-corrected chi connectivity index (χ1v) is 24.8. The number of hydrogen-bond acceptors (Lipinski definition) is 3. The summed E-state index contributed by atoms with van der Waals surface area (Å²) in [5.74, 6) is 0.370. The summed E-state index contributed by atoms with van der Waals surface area (Å²) in [6.07, 6.45) is 9.18. The number of fused-ring (bicyclic) bond motifs is 13. The second-order valence-electron chi connectivity index (χ2n) is 19.2. The predicted octanol–water partition coefficient (Wildman–Crippen LogP) is 18.4. The minimum atomic E-state index is -0.671. The highest BCUT2D eigenvalue weighted by molar-refractivity contribution is 6.11. The van der Waals surface area contributed by atoms with Gasteiger partial charge >= 0.3 is 0 Å². The summed E-state index contributed by atoms with van der Waals surface area (Å²) in [6, 6.07) is 87.1. The molecule has 0 fully saturated rings. The molecule has 0 amide bonds. The molecule has 3 aliphatic rings. The van der Waals surface area contributed by atoms with Crippen LogP contribution in [0.1, 0.15) is 40.7 Å². The van der Waals surface area contributed by atoms with Crippen molar-refractivity contribution in [1.29, 1.82) is 0 Å². The summed E-state index contributed by atoms with van der Waals surface area (Å²) in [5.41, 5.74) is 21.4. The maximum Gasteiger partial charge on any atom is 0.159 e. The van der Waals surface area contributed by atoms with E-state index in [2.05, 4.69) is 278 Å². The second-order valence-corrected chi connectivity index (χ2v) is 19.2. The van der Waals surface area contributed by atoms with Gasteiger partial charge in [-0.05, 0) is 134 Å². The minimum Gasteiger partial charge on any atom is -0.454 e. The average Bonchev–Trinajstić information content (AvgIpc) is 4.08. The van der Waals surface area contributed by atoms with Gasteiger partial charge in [-0.3, -0.25) is 0 Å². The highest BCUT2D eigenvalue weighted by atomic mass is 16.3. The van der Waals surface area contributed by atoms with Crippen molar-refractivity contribution in [2.75, 3.05) is 9.80 Å². The van der Waals surface area contributed by atoms with E-state index in [0.29, 0.717) is 0 Å². The zero-order valence-electron chi connectivity index (χ0n) is 39.3. The van der Waals surface area contributed by atoms with Crippen molar-refractivity contribution >= 4 is 56.1 Å². The molecule has 1 heterocycles. The Bertz CT molecular complexity index is 3870. The van der Waals surface area contributed by atoms with E-state index in [1.54, 1.807) is 0 Å². The SMILES string of the molecule is CC1C=CC=CC1c1cc2c(cc1N(c1ccccc1)c1cccc3c1oc1ccccc13)C1(c3ccccc3-c3cc(-c4ccccc4)c(N(c4ccccc4)c4ccccc4)cc31)c1ccccc1-2. The third-order valence-corrected chi connectivity index (χ3v) is 15.4. The number of anilines is 6.